The largest absolute Gasteiger partial charge is 0.477 e. The Kier molecular flexibility index (Phi) is 4.94. The van der Waals surface area contributed by atoms with Crippen LogP contribution in [-0.2, 0) is 7.05 Å². The van der Waals surface area contributed by atoms with E-state index in [9.17, 15) is 4.79 Å². The second-order valence-corrected chi connectivity index (χ2v) is 7.37. The third kappa shape index (κ3) is 3.93. The summed E-state index contributed by atoms with van der Waals surface area (Å²) in [6.07, 6.45) is 1.40. The monoisotopic (exact) mass is 452 g/mol. The molecule has 0 atom stereocenters. The quantitative estimate of drug-likeness (QED) is 0.428. The zero-order valence-corrected chi connectivity index (χ0v) is 17.3. The second kappa shape index (κ2) is 7.56. The molecule has 8 heteroatoms. The number of carbonyl (C=O) groups is 1. The van der Waals surface area contributed by atoms with Crippen LogP contribution in [0, 0.1) is 6.92 Å². The van der Waals surface area contributed by atoms with Gasteiger partial charge in [0.25, 0.3) is 0 Å². The number of carboxylic acids is 1. The Balaban J connectivity index is 1.62. The number of fused-ring (bicyclic) bond motifs is 1. The van der Waals surface area contributed by atoms with E-state index in [1.165, 1.54) is 12.3 Å². The van der Waals surface area contributed by atoms with Gasteiger partial charge < -0.3 is 19.7 Å². The number of aromatic carboxylic acids is 1. The van der Waals surface area contributed by atoms with Crippen molar-refractivity contribution >= 4 is 44.6 Å². The Morgan fingerprint density at radius 2 is 1.93 bits per heavy atom. The van der Waals surface area contributed by atoms with Crippen LogP contribution in [0.5, 0.6) is 11.5 Å². The van der Waals surface area contributed by atoms with Gasteiger partial charge in [-0.2, -0.15) is 0 Å². The van der Waals surface area contributed by atoms with E-state index >= 15 is 0 Å². The molecule has 0 spiro atoms. The van der Waals surface area contributed by atoms with E-state index in [-0.39, 0.29) is 5.69 Å². The average molecular weight is 453 g/mol. The molecule has 2 N–H and O–H groups in total. The van der Waals surface area contributed by atoms with Crippen LogP contribution in [0.3, 0.4) is 0 Å². The van der Waals surface area contributed by atoms with Crippen molar-refractivity contribution in [3.8, 4) is 11.5 Å². The zero-order valence-electron chi connectivity index (χ0n) is 15.7. The summed E-state index contributed by atoms with van der Waals surface area (Å²) in [7, 11) is 1.94. The van der Waals surface area contributed by atoms with Crippen LogP contribution in [-0.4, -0.2) is 25.6 Å². The summed E-state index contributed by atoms with van der Waals surface area (Å²) in [4.78, 5) is 19.5. The fourth-order valence-corrected chi connectivity index (χ4v) is 3.18. The van der Waals surface area contributed by atoms with E-state index in [1.807, 2.05) is 54.9 Å². The molecule has 4 aromatic rings. The van der Waals surface area contributed by atoms with Gasteiger partial charge in [0.1, 0.15) is 11.5 Å². The Hall–Kier alpha value is -3.39. The molecular formula is C21H17BrN4O3. The fourth-order valence-electron chi connectivity index (χ4n) is 2.93. The number of rotatable bonds is 5. The summed E-state index contributed by atoms with van der Waals surface area (Å²) in [5.41, 5.74) is 3.70. The number of pyridine rings is 1. The molecule has 0 aliphatic carbocycles. The van der Waals surface area contributed by atoms with Gasteiger partial charge in [-0.3, -0.25) is 0 Å². The zero-order chi connectivity index (χ0) is 20.5. The molecule has 7 nitrogen and oxygen atoms in total. The number of benzene rings is 2. The van der Waals surface area contributed by atoms with Crippen LogP contribution in [0.1, 0.15) is 16.1 Å². The molecule has 0 saturated heterocycles. The number of carboxylic acid groups (broad SMARTS) is 1. The maximum absolute atomic E-state index is 11.1. The lowest BCUT2D eigenvalue weighted by Gasteiger charge is -2.08. The van der Waals surface area contributed by atoms with Crippen molar-refractivity contribution in [2.45, 2.75) is 6.92 Å². The number of aryl methyl sites for hydroxylation is 2. The Morgan fingerprint density at radius 3 is 2.69 bits per heavy atom. The lowest BCUT2D eigenvalue weighted by Crippen LogP contribution is -1.99. The molecule has 0 radical (unpaired) electrons. The summed E-state index contributed by atoms with van der Waals surface area (Å²) in [6.45, 7) is 2.03. The molecule has 0 aliphatic heterocycles. The topological polar surface area (TPSA) is 89.3 Å². The molecule has 2 heterocycles. The van der Waals surface area contributed by atoms with Gasteiger partial charge in [-0.05, 0) is 48.9 Å². The van der Waals surface area contributed by atoms with Crippen LogP contribution >= 0.6 is 15.9 Å². The standard InChI is InChI=1S/C21H17BrN4O3/c1-12-9-13(3-5-16(12)22)24-21-25-17-10-14(4-6-19(17)26(21)2)29-15-7-8-23-18(11-15)20(27)28/h3-11H,1-2H3,(H,24,25)(H,27,28). The lowest BCUT2D eigenvalue weighted by atomic mass is 10.2. The number of hydrogen-bond acceptors (Lipinski definition) is 5. The minimum absolute atomic E-state index is 0.0716. The van der Waals surface area contributed by atoms with Gasteiger partial charge in [-0.15, -0.1) is 0 Å². The highest BCUT2D eigenvalue weighted by Crippen LogP contribution is 2.29. The Bertz CT molecular complexity index is 1240. The number of anilines is 2. The van der Waals surface area contributed by atoms with Crippen molar-refractivity contribution in [3.05, 3.63) is 70.5 Å². The van der Waals surface area contributed by atoms with Crippen molar-refractivity contribution in [2.24, 2.45) is 7.05 Å². The first kappa shape index (κ1) is 18.9. The average Bonchev–Trinajstić information content (AvgIpc) is 3.00. The van der Waals surface area contributed by atoms with Crippen molar-refractivity contribution in [1.82, 2.24) is 14.5 Å². The summed E-state index contributed by atoms with van der Waals surface area (Å²) < 4.78 is 8.81. The van der Waals surface area contributed by atoms with Crippen LogP contribution < -0.4 is 10.1 Å². The van der Waals surface area contributed by atoms with E-state index < -0.39 is 5.97 Å². The first-order valence-corrected chi connectivity index (χ1v) is 9.57. The first-order chi connectivity index (χ1) is 13.9. The Morgan fingerprint density at radius 1 is 1.14 bits per heavy atom. The van der Waals surface area contributed by atoms with Gasteiger partial charge >= 0.3 is 5.97 Å². The highest BCUT2D eigenvalue weighted by atomic mass is 79.9. The summed E-state index contributed by atoms with van der Waals surface area (Å²) >= 11 is 3.51. The van der Waals surface area contributed by atoms with Crippen LogP contribution in [0.25, 0.3) is 11.0 Å². The molecule has 146 valence electrons. The van der Waals surface area contributed by atoms with Crippen LogP contribution in [0.2, 0.25) is 0 Å². The maximum atomic E-state index is 11.1. The predicted molar refractivity (Wildman–Crippen MR) is 114 cm³/mol. The predicted octanol–water partition coefficient (Wildman–Crippen LogP) is 5.27. The molecule has 0 saturated carbocycles. The van der Waals surface area contributed by atoms with Crippen LogP contribution in [0.4, 0.5) is 11.6 Å². The normalized spacial score (nSPS) is 10.9. The highest BCUT2D eigenvalue weighted by molar-refractivity contribution is 9.10. The van der Waals surface area contributed by atoms with Gasteiger partial charge in [-0.25, -0.2) is 14.8 Å². The summed E-state index contributed by atoms with van der Waals surface area (Å²) in [5.74, 6) is 0.561. The van der Waals surface area contributed by atoms with Gasteiger partial charge in [0.15, 0.2) is 5.69 Å². The molecule has 0 aliphatic rings. The molecule has 4 rings (SSSR count). The molecule has 0 unspecified atom stereocenters. The number of hydrogen-bond donors (Lipinski definition) is 2. The van der Waals surface area contributed by atoms with Gasteiger partial charge in [-0.1, -0.05) is 15.9 Å². The minimum Gasteiger partial charge on any atom is -0.477 e. The fraction of sp³-hybridized carbons (Fsp3) is 0.0952. The summed E-state index contributed by atoms with van der Waals surface area (Å²) in [5, 5.41) is 12.4. The van der Waals surface area contributed by atoms with Gasteiger partial charge in [0.05, 0.1) is 11.0 Å². The molecule has 29 heavy (non-hydrogen) atoms. The Labute approximate surface area is 175 Å². The van der Waals surface area contributed by atoms with E-state index in [2.05, 4.69) is 31.2 Å². The van der Waals surface area contributed by atoms with Crippen molar-refractivity contribution in [1.29, 1.82) is 0 Å². The SMILES string of the molecule is Cc1cc(Nc2nc3cc(Oc4ccnc(C(=O)O)c4)ccc3n2C)ccc1Br. The number of nitrogens with one attached hydrogen (secondary N) is 1. The van der Waals surface area contributed by atoms with Crippen molar-refractivity contribution < 1.29 is 14.6 Å². The van der Waals surface area contributed by atoms with E-state index in [0.29, 0.717) is 17.4 Å². The van der Waals surface area contributed by atoms with Gasteiger partial charge in [0.2, 0.25) is 5.95 Å². The first-order valence-electron chi connectivity index (χ1n) is 8.77. The smallest absolute Gasteiger partial charge is 0.354 e. The number of nitrogens with zero attached hydrogens (tertiary/aromatic N) is 3. The van der Waals surface area contributed by atoms with E-state index in [0.717, 1.165) is 26.8 Å². The number of imidazole rings is 1. The van der Waals surface area contributed by atoms with Crippen LogP contribution in [0.15, 0.2) is 59.2 Å². The highest BCUT2D eigenvalue weighted by Gasteiger charge is 2.11. The molecule has 0 bridgehead atoms. The third-order valence-corrected chi connectivity index (χ3v) is 5.34. The summed E-state index contributed by atoms with van der Waals surface area (Å²) in [6, 6.07) is 14.6. The molecule has 0 fully saturated rings. The van der Waals surface area contributed by atoms with Crippen molar-refractivity contribution in [3.63, 3.8) is 0 Å². The third-order valence-electron chi connectivity index (χ3n) is 4.45. The minimum atomic E-state index is -1.10. The van der Waals surface area contributed by atoms with E-state index in [4.69, 9.17) is 9.84 Å². The lowest BCUT2D eigenvalue weighted by molar-refractivity contribution is 0.0690. The molecule has 2 aromatic carbocycles. The molecule has 2 aromatic heterocycles. The number of ether oxygens (including phenoxy) is 1. The van der Waals surface area contributed by atoms with Crippen molar-refractivity contribution in [2.75, 3.05) is 5.32 Å². The number of halogens is 1. The maximum Gasteiger partial charge on any atom is 0.354 e. The number of aromatic nitrogens is 3. The van der Waals surface area contributed by atoms with Gasteiger partial charge in [0, 0.05) is 35.5 Å². The second-order valence-electron chi connectivity index (χ2n) is 6.52. The van der Waals surface area contributed by atoms with E-state index in [1.54, 1.807) is 6.07 Å². The molecular weight excluding hydrogens is 436 g/mol. The molecule has 0 amide bonds.